The van der Waals surface area contributed by atoms with Gasteiger partial charge in [0.1, 0.15) is 16.4 Å². The minimum Gasteiger partial charge on any atom is -0.393 e. The maximum absolute atomic E-state index is 16.0. The molecule has 6 rings (SSSR count). The van der Waals surface area contributed by atoms with Crippen molar-refractivity contribution in [2.45, 2.75) is 99.8 Å². The molecule has 2 aliphatic heterocycles. The number of anilines is 1. The van der Waals surface area contributed by atoms with E-state index in [4.69, 9.17) is 27.9 Å². The maximum atomic E-state index is 16.0. The first-order valence-electron chi connectivity index (χ1n) is 14.9. The fourth-order valence-corrected chi connectivity index (χ4v) is 8.52. The van der Waals surface area contributed by atoms with E-state index in [1.54, 1.807) is 19.2 Å². The molecule has 4 heterocycles. The van der Waals surface area contributed by atoms with Crippen molar-refractivity contribution in [2.24, 2.45) is 5.41 Å². The van der Waals surface area contributed by atoms with Gasteiger partial charge in [0.2, 0.25) is 11.8 Å². The molecule has 2 aromatic rings. The zero-order valence-electron chi connectivity index (χ0n) is 24.6. The zero-order valence-corrected chi connectivity index (χ0v) is 26.1. The second-order valence-electron chi connectivity index (χ2n) is 13.5. The Morgan fingerprint density at radius 1 is 1.14 bits per heavy atom. The van der Waals surface area contributed by atoms with Crippen molar-refractivity contribution < 1.29 is 23.8 Å². The first kappa shape index (κ1) is 30.6. The molecule has 1 saturated heterocycles. The average molecular weight is 635 g/mol. The highest BCUT2D eigenvalue weighted by molar-refractivity contribution is 6.30. The van der Waals surface area contributed by atoms with Crippen molar-refractivity contribution in [3.05, 3.63) is 51.6 Å². The van der Waals surface area contributed by atoms with Gasteiger partial charge < -0.3 is 20.5 Å². The Balaban J connectivity index is 1.48. The number of carbonyl (C=O) groups is 2. The van der Waals surface area contributed by atoms with Crippen LogP contribution >= 0.6 is 23.2 Å². The van der Waals surface area contributed by atoms with Crippen LogP contribution < -0.4 is 16.0 Å². The molecule has 2 saturated carbocycles. The van der Waals surface area contributed by atoms with Crippen LogP contribution in [0.4, 0.5) is 10.2 Å². The molecule has 232 valence electrons. The largest absolute Gasteiger partial charge is 0.393 e. The summed E-state index contributed by atoms with van der Waals surface area (Å²) in [6.07, 6.45) is 6.60. The van der Waals surface area contributed by atoms with Gasteiger partial charge in [0.05, 0.1) is 18.2 Å². The average Bonchev–Trinajstić information content (AvgIpc) is 3.44. The third kappa shape index (κ3) is 4.76. The fraction of sp³-hybridized carbons (Fsp3) is 0.613. The highest BCUT2D eigenvalue weighted by Gasteiger charge is 2.73. The maximum Gasteiger partial charge on any atom is 0.238 e. The second-order valence-corrected chi connectivity index (χ2v) is 14.2. The predicted octanol–water partition coefficient (Wildman–Crippen LogP) is 4.64. The van der Waals surface area contributed by atoms with Crippen molar-refractivity contribution in [1.29, 1.82) is 0 Å². The standard InChI is InChI=1S/C31H38Cl2FN5O4/c1-28(2)11-13-30(14-12-28)31(19-4-5-20(32)37-25(19)38-27(31)42)21(18-8-15-35-24(33)22(18)34)23(39-30)26(41)36-17-6-9-29(16-40,43-3)10-7-17/h4-5,8,15,17,21,23,39-40H,6-7,9-14,16H2,1-3H3,(H,36,41)(H,37,38,42)/t17?,21-,23+,29?,31+/m0/s1. The van der Waals surface area contributed by atoms with Gasteiger partial charge in [0.15, 0.2) is 11.0 Å². The number of fused-ring (bicyclic) bond motifs is 3. The number of nitrogens with zero attached hydrogens (tertiary/aromatic N) is 2. The molecule has 3 atom stereocenters. The molecular weight excluding hydrogens is 596 g/mol. The van der Waals surface area contributed by atoms with Gasteiger partial charge in [-0.15, -0.1) is 0 Å². The molecule has 2 aromatic heterocycles. The number of rotatable bonds is 5. The number of amides is 2. The van der Waals surface area contributed by atoms with Gasteiger partial charge in [-0.1, -0.05) is 43.1 Å². The van der Waals surface area contributed by atoms with E-state index < -0.39 is 34.3 Å². The summed E-state index contributed by atoms with van der Waals surface area (Å²) in [6, 6.07) is 3.80. The van der Waals surface area contributed by atoms with E-state index in [2.05, 4.69) is 39.8 Å². The SMILES string of the molecule is COC1(CO)CCC(NC(=O)[C@@H]2NC3(CCC(C)(C)CC3)[C@@]3(C(=O)Nc4nc(Cl)ccc43)[C@H]2c2ccnc(Cl)c2F)CC1. The van der Waals surface area contributed by atoms with Gasteiger partial charge in [0.25, 0.3) is 0 Å². The Kier molecular flexibility index (Phi) is 7.77. The van der Waals surface area contributed by atoms with Crippen molar-refractivity contribution in [2.75, 3.05) is 19.0 Å². The summed E-state index contributed by atoms with van der Waals surface area (Å²) in [5, 5.41) is 19.6. The quantitative estimate of drug-likeness (QED) is 0.353. The number of halogens is 3. The molecule has 0 aromatic carbocycles. The molecule has 9 nitrogen and oxygen atoms in total. The number of ether oxygens (including phenoxy) is 1. The van der Waals surface area contributed by atoms with Crippen LogP contribution in [0.1, 0.15) is 82.3 Å². The zero-order chi connectivity index (χ0) is 30.8. The van der Waals surface area contributed by atoms with Crippen LogP contribution in [-0.4, -0.2) is 63.8 Å². The third-order valence-corrected chi connectivity index (χ3v) is 11.3. The van der Waals surface area contributed by atoms with E-state index in [0.29, 0.717) is 49.9 Å². The predicted molar refractivity (Wildman–Crippen MR) is 161 cm³/mol. The minimum absolute atomic E-state index is 0.0357. The van der Waals surface area contributed by atoms with E-state index in [1.165, 1.54) is 12.3 Å². The molecule has 2 amide bonds. The van der Waals surface area contributed by atoms with Crippen molar-refractivity contribution in [3.8, 4) is 0 Å². The van der Waals surface area contributed by atoms with Gasteiger partial charge in [0, 0.05) is 36.4 Å². The lowest BCUT2D eigenvalue weighted by atomic mass is 9.53. The van der Waals surface area contributed by atoms with Gasteiger partial charge in [-0.25, -0.2) is 14.4 Å². The molecule has 0 unspecified atom stereocenters. The molecular formula is C31H38Cl2FN5O4. The Morgan fingerprint density at radius 3 is 2.49 bits per heavy atom. The summed E-state index contributed by atoms with van der Waals surface area (Å²) in [6.45, 7) is 4.31. The Labute approximate surface area is 260 Å². The molecule has 2 spiro atoms. The normalized spacial score (nSPS) is 32.5. The molecule has 3 fully saturated rings. The Bertz CT molecular complexity index is 1430. The highest BCUT2D eigenvalue weighted by Crippen LogP contribution is 2.63. The lowest BCUT2D eigenvalue weighted by Gasteiger charge is -2.50. The number of aromatic nitrogens is 2. The number of hydrogen-bond acceptors (Lipinski definition) is 7. The number of aliphatic hydroxyl groups excluding tert-OH is 1. The number of carbonyl (C=O) groups excluding carboxylic acids is 2. The van der Waals surface area contributed by atoms with Gasteiger partial charge in [-0.05, 0) is 74.5 Å². The van der Waals surface area contributed by atoms with Crippen molar-refractivity contribution in [1.82, 2.24) is 20.6 Å². The van der Waals surface area contributed by atoms with E-state index in [9.17, 15) is 14.7 Å². The van der Waals surface area contributed by atoms with Crippen LogP contribution in [-0.2, 0) is 19.7 Å². The third-order valence-electron chi connectivity index (χ3n) is 10.8. The summed E-state index contributed by atoms with van der Waals surface area (Å²) in [5.74, 6) is -2.06. The molecule has 43 heavy (non-hydrogen) atoms. The summed E-state index contributed by atoms with van der Waals surface area (Å²) >= 11 is 12.5. The lowest BCUT2D eigenvalue weighted by molar-refractivity contribution is -0.125. The van der Waals surface area contributed by atoms with E-state index in [0.717, 1.165) is 12.8 Å². The molecule has 0 bridgehead atoms. The van der Waals surface area contributed by atoms with Crippen LogP contribution in [0.15, 0.2) is 24.4 Å². The summed E-state index contributed by atoms with van der Waals surface area (Å²) in [7, 11) is 1.59. The number of aliphatic hydroxyl groups is 1. The van der Waals surface area contributed by atoms with Gasteiger partial charge in [-0.2, -0.15) is 0 Å². The summed E-state index contributed by atoms with van der Waals surface area (Å²) in [5.41, 5.74) is -2.10. The van der Waals surface area contributed by atoms with Crippen LogP contribution in [0.5, 0.6) is 0 Å². The first-order valence-corrected chi connectivity index (χ1v) is 15.7. The van der Waals surface area contributed by atoms with E-state index in [1.807, 2.05) is 0 Å². The monoisotopic (exact) mass is 633 g/mol. The molecule has 0 radical (unpaired) electrons. The lowest BCUT2D eigenvalue weighted by Crippen LogP contribution is -2.61. The second kappa shape index (κ2) is 10.9. The molecule has 2 aliphatic carbocycles. The number of hydrogen-bond donors (Lipinski definition) is 4. The Morgan fingerprint density at radius 2 is 1.84 bits per heavy atom. The highest BCUT2D eigenvalue weighted by atomic mass is 35.5. The molecule has 12 heteroatoms. The Hall–Kier alpha value is -2.37. The first-order chi connectivity index (χ1) is 20.4. The number of nitrogens with one attached hydrogen (secondary N) is 3. The number of methoxy groups -OCH3 is 1. The van der Waals surface area contributed by atoms with E-state index in [-0.39, 0.29) is 45.7 Å². The van der Waals surface area contributed by atoms with Crippen molar-refractivity contribution >= 4 is 40.8 Å². The molecule has 4 aliphatic rings. The van der Waals surface area contributed by atoms with Gasteiger partial charge >= 0.3 is 0 Å². The van der Waals surface area contributed by atoms with Crippen LogP contribution in [0.3, 0.4) is 0 Å². The van der Waals surface area contributed by atoms with E-state index >= 15 is 4.39 Å². The topological polar surface area (TPSA) is 125 Å². The smallest absolute Gasteiger partial charge is 0.238 e. The van der Waals surface area contributed by atoms with Gasteiger partial charge in [-0.3, -0.25) is 14.9 Å². The number of pyridine rings is 2. The summed E-state index contributed by atoms with van der Waals surface area (Å²) in [4.78, 5) is 37.2. The van der Waals surface area contributed by atoms with Crippen LogP contribution in [0.25, 0.3) is 0 Å². The van der Waals surface area contributed by atoms with Crippen LogP contribution in [0, 0.1) is 11.2 Å². The van der Waals surface area contributed by atoms with Crippen LogP contribution in [0.2, 0.25) is 10.3 Å². The molecule has 4 N–H and O–H groups in total. The fourth-order valence-electron chi connectivity index (χ4n) is 8.20. The van der Waals surface area contributed by atoms with Crippen molar-refractivity contribution in [3.63, 3.8) is 0 Å². The summed E-state index contributed by atoms with van der Waals surface area (Å²) < 4.78 is 21.6. The minimum atomic E-state index is -1.38.